The number of nitrogens with zero attached hydrogens (tertiary/aromatic N) is 2. The van der Waals surface area contributed by atoms with Gasteiger partial charge in [-0.1, -0.05) is 54.6 Å². The standard InChI is InChI=1S/C26H25N3O5S/c1-19(31)34-24-11-7-6-10-23(24)25(32)27-16-20-12-14-21(15-13-20)17-28(2)26(33)35-29(18-30)22-8-4-3-5-9-22/h3-15,18H,16-17H2,1-2H3,(H,27,32). The third-order valence-electron chi connectivity index (χ3n) is 4.88. The van der Waals surface area contributed by atoms with Crippen LogP contribution >= 0.6 is 11.9 Å². The van der Waals surface area contributed by atoms with Gasteiger partial charge >= 0.3 is 11.2 Å². The van der Waals surface area contributed by atoms with E-state index in [1.807, 2.05) is 30.3 Å². The van der Waals surface area contributed by atoms with E-state index < -0.39 is 5.97 Å². The molecule has 8 nitrogen and oxygen atoms in total. The van der Waals surface area contributed by atoms with E-state index in [2.05, 4.69) is 5.32 Å². The lowest BCUT2D eigenvalue weighted by molar-refractivity contribution is -0.131. The Morgan fingerprint density at radius 3 is 2.20 bits per heavy atom. The van der Waals surface area contributed by atoms with Crippen molar-refractivity contribution in [3.63, 3.8) is 0 Å². The highest BCUT2D eigenvalue weighted by atomic mass is 32.2. The molecule has 3 amide bonds. The number of rotatable bonds is 9. The van der Waals surface area contributed by atoms with Crippen molar-refractivity contribution in [1.29, 1.82) is 0 Å². The van der Waals surface area contributed by atoms with Gasteiger partial charge in [-0.15, -0.1) is 0 Å². The van der Waals surface area contributed by atoms with Crippen LogP contribution in [-0.2, 0) is 22.7 Å². The Morgan fingerprint density at radius 2 is 1.54 bits per heavy atom. The Kier molecular flexibility index (Phi) is 9.02. The number of hydrogen-bond donors (Lipinski definition) is 1. The number of nitrogens with one attached hydrogen (secondary N) is 1. The van der Waals surface area contributed by atoms with Crippen LogP contribution in [0.25, 0.3) is 0 Å². The number of anilines is 1. The molecule has 0 saturated heterocycles. The highest BCUT2D eigenvalue weighted by molar-refractivity contribution is 8.15. The molecule has 3 rings (SSSR count). The lowest BCUT2D eigenvalue weighted by Gasteiger charge is -2.21. The first-order valence-electron chi connectivity index (χ1n) is 10.7. The Morgan fingerprint density at radius 1 is 0.914 bits per heavy atom. The highest BCUT2D eigenvalue weighted by Gasteiger charge is 2.17. The predicted molar refractivity (Wildman–Crippen MR) is 135 cm³/mol. The van der Waals surface area contributed by atoms with Crippen LogP contribution in [0.4, 0.5) is 10.5 Å². The van der Waals surface area contributed by atoms with Gasteiger partial charge in [0.1, 0.15) is 5.75 Å². The fraction of sp³-hybridized carbons (Fsp3) is 0.154. The summed E-state index contributed by atoms with van der Waals surface area (Å²) in [7, 11) is 1.66. The molecular weight excluding hydrogens is 466 g/mol. The number of carbonyl (C=O) groups is 4. The quantitative estimate of drug-likeness (QED) is 0.206. The zero-order valence-electron chi connectivity index (χ0n) is 19.3. The lowest BCUT2D eigenvalue weighted by atomic mass is 10.1. The van der Waals surface area contributed by atoms with Crippen molar-refractivity contribution in [3.8, 4) is 5.75 Å². The van der Waals surface area contributed by atoms with Crippen LogP contribution in [0.15, 0.2) is 78.9 Å². The minimum absolute atomic E-state index is 0.207. The van der Waals surface area contributed by atoms with E-state index in [4.69, 9.17) is 4.74 Å². The number of para-hydroxylation sites is 2. The molecule has 0 aliphatic rings. The molecule has 0 aliphatic carbocycles. The average molecular weight is 492 g/mol. The van der Waals surface area contributed by atoms with Crippen LogP contribution in [-0.4, -0.2) is 35.5 Å². The minimum atomic E-state index is -0.498. The Labute approximate surface area is 208 Å². The number of esters is 1. The van der Waals surface area contributed by atoms with Gasteiger partial charge in [0.25, 0.3) is 5.91 Å². The van der Waals surface area contributed by atoms with Crippen LogP contribution in [0.1, 0.15) is 28.4 Å². The molecule has 0 radical (unpaired) electrons. The van der Waals surface area contributed by atoms with Crippen LogP contribution in [0.5, 0.6) is 5.75 Å². The first-order valence-corrected chi connectivity index (χ1v) is 11.5. The van der Waals surface area contributed by atoms with Gasteiger partial charge in [0.2, 0.25) is 6.41 Å². The molecule has 0 spiro atoms. The Hall–Kier alpha value is -4.11. The van der Waals surface area contributed by atoms with Crippen LogP contribution in [0, 0.1) is 0 Å². The molecule has 0 atom stereocenters. The molecule has 0 bridgehead atoms. The van der Waals surface area contributed by atoms with E-state index in [0.29, 0.717) is 18.6 Å². The molecular formula is C26H25N3O5S. The minimum Gasteiger partial charge on any atom is -0.426 e. The largest absolute Gasteiger partial charge is 0.426 e. The molecule has 9 heteroatoms. The van der Waals surface area contributed by atoms with Gasteiger partial charge in [0.15, 0.2) is 0 Å². The van der Waals surface area contributed by atoms with Gasteiger partial charge in [-0.2, -0.15) is 0 Å². The van der Waals surface area contributed by atoms with Crippen LogP contribution in [0.2, 0.25) is 0 Å². The number of benzene rings is 3. The van der Waals surface area contributed by atoms with E-state index in [1.54, 1.807) is 55.6 Å². The predicted octanol–water partition coefficient (Wildman–Crippen LogP) is 4.40. The zero-order chi connectivity index (χ0) is 25.2. The molecule has 0 aromatic heterocycles. The van der Waals surface area contributed by atoms with Gasteiger partial charge in [-0.25, -0.2) is 4.31 Å². The lowest BCUT2D eigenvalue weighted by Crippen LogP contribution is -2.26. The molecule has 0 aliphatic heterocycles. The van der Waals surface area contributed by atoms with Gasteiger partial charge in [0, 0.05) is 27.1 Å². The van der Waals surface area contributed by atoms with Crippen molar-refractivity contribution in [3.05, 3.63) is 95.6 Å². The maximum Gasteiger partial charge on any atom is 0.308 e. The Bertz CT molecular complexity index is 1190. The highest BCUT2D eigenvalue weighted by Crippen LogP contribution is 2.23. The van der Waals surface area contributed by atoms with E-state index in [1.165, 1.54) is 16.1 Å². The smallest absolute Gasteiger partial charge is 0.308 e. The second-order valence-electron chi connectivity index (χ2n) is 7.57. The SMILES string of the molecule is CC(=O)Oc1ccccc1C(=O)NCc1ccc(CN(C)C(=O)SN(C=O)c2ccccc2)cc1. The van der Waals surface area contributed by atoms with Gasteiger partial charge in [0.05, 0.1) is 23.2 Å². The van der Waals surface area contributed by atoms with E-state index in [0.717, 1.165) is 23.1 Å². The molecule has 0 saturated carbocycles. The van der Waals surface area contributed by atoms with Crippen molar-refractivity contribution < 1.29 is 23.9 Å². The van der Waals surface area contributed by atoms with Crippen LogP contribution < -0.4 is 14.4 Å². The Balaban J connectivity index is 1.53. The zero-order valence-corrected chi connectivity index (χ0v) is 20.2. The molecule has 180 valence electrons. The van der Waals surface area contributed by atoms with Crippen molar-refractivity contribution in [2.24, 2.45) is 0 Å². The summed E-state index contributed by atoms with van der Waals surface area (Å²) in [5, 5.41) is 2.54. The van der Waals surface area contributed by atoms with E-state index in [9.17, 15) is 19.2 Å². The fourth-order valence-corrected chi connectivity index (χ4v) is 3.78. The third-order valence-corrected chi connectivity index (χ3v) is 5.84. The molecule has 3 aromatic carbocycles. The number of hydrogen-bond acceptors (Lipinski definition) is 6. The summed E-state index contributed by atoms with van der Waals surface area (Å²) in [6, 6.07) is 22.9. The monoisotopic (exact) mass is 491 g/mol. The summed E-state index contributed by atoms with van der Waals surface area (Å²) in [6.07, 6.45) is 0.611. The van der Waals surface area contributed by atoms with Gasteiger partial charge in [-0.3, -0.25) is 19.2 Å². The fourth-order valence-electron chi connectivity index (χ4n) is 3.14. The summed E-state index contributed by atoms with van der Waals surface area (Å²) in [5.74, 6) is -0.646. The molecule has 35 heavy (non-hydrogen) atoms. The number of carbonyl (C=O) groups excluding carboxylic acids is 4. The summed E-state index contributed by atoms with van der Waals surface area (Å²) in [5.41, 5.74) is 2.66. The normalized spacial score (nSPS) is 10.2. The van der Waals surface area contributed by atoms with Crippen molar-refractivity contribution >= 4 is 41.2 Å². The van der Waals surface area contributed by atoms with Crippen molar-refractivity contribution in [1.82, 2.24) is 10.2 Å². The number of ether oxygens (including phenoxy) is 1. The first kappa shape index (κ1) is 25.5. The molecule has 0 heterocycles. The molecule has 0 unspecified atom stereocenters. The summed E-state index contributed by atoms with van der Waals surface area (Å²) in [6.45, 7) is 1.92. The van der Waals surface area contributed by atoms with E-state index >= 15 is 0 Å². The molecule has 1 N–H and O–H groups in total. The number of amides is 3. The molecule has 0 fully saturated rings. The first-order chi connectivity index (χ1) is 16.9. The maximum absolute atomic E-state index is 12.6. The maximum atomic E-state index is 12.6. The summed E-state index contributed by atoms with van der Waals surface area (Å²) < 4.78 is 6.37. The second-order valence-corrected chi connectivity index (χ2v) is 8.49. The second kappa shape index (κ2) is 12.4. The van der Waals surface area contributed by atoms with Gasteiger partial charge < -0.3 is 15.0 Å². The molecule has 3 aromatic rings. The third kappa shape index (κ3) is 7.44. The van der Waals surface area contributed by atoms with E-state index in [-0.39, 0.29) is 29.0 Å². The summed E-state index contributed by atoms with van der Waals surface area (Å²) >= 11 is 0.816. The summed E-state index contributed by atoms with van der Waals surface area (Å²) in [4.78, 5) is 49.3. The average Bonchev–Trinajstić information content (AvgIpc) is 2.87. The van der Waals surface area contributed by atoms with Crippen molar-refractivity contribution in [2.45, 2.75) is 20.0 Å². The topological polar surface area (TPSA) is 96.0 Å². The van der Waals surface area contributed by atoms with Crippen LogP contribution in [0.3, 0.4) is 0 Å². The van der Waals surface area contributed by atoms with Gasteiger partial charge in [-0.05, 0) is 35.4 Å². The van der Waals surface area contributed by atoms with Crippen molar-refractivity contribution in [2.75, 3.05) is 11.4 Å².